The van der Waals surface area contributed by atoms with Gasteiger partial charge >= 0.3 is 0 Å². The number of anilines is 1. The minimum Gasteiger partial charge on any atom is -0.504 e. The second-order valence-corrected chi connectivity index (χ2v) is 5.12. The molecule has 1 amide bonds. The number of hydrogen-bond donors (Lipinski definition) is 2. The van der Waals surface area contributed by atoms with Gasteiger partial charge in [-0.2, -0.15) is 4.98 Å². The maximum atomic E-state index is 12.2. The van der Waals surface area contributed by atoms with Gasteiger partial charge in [-0.3, -0.25) is 9.78 Å². The highest BCUT2D eigenvalue weighted by atomic mass is 16.5. The van der Waals surface area contributed by atoms with Crippen molar-refractivity contribution < 1.29 is 19.2 Å². The molecule has 0 aliphatic heterocycles. The van der Waals surface area contributed by atoms with Crippen LogP contribution >= 0.6 is 0 Å². The van der Waals surface area contributed by atoms with Crippen molar-refractivity contribution in [3.05, 3.63) is 60.0 Å². The van der Waals surface area contributed by atoms with E-state index < -0.39 is 0 Å². The van der Waals surface area contributed by atoms with Gasteiger partial charge in [-0.15, -0.1) is 0 Å². The fourth-order valence-electron chi connectivity index (χ4n) is 2.03. The molecule has 3 rings (SSSR count). The monoisotopic (exact) mass is 340 g/mol. The molecule has 128 valence electrons. The zero-order valence-electron chi connectivity index (χ0n) is 13.5. The van der Waals surface area contributed by atoms with E-state index in [9.17, 15) is 9.90 Å². The van der Waals surface area contributed by atoms with Crippen LogP contribution in [0.4, 0.5) is 5.69 Å². The van der Waals surface area contributed by atoms with Crippen LogP contribution in [-0.2, 0) is 13.0 Å². The van der Waals surface area contributed by atoms with Crippen LogP contribution in [0.1, 0.15) is 29.0 Å². The van der Waals surface area contributed by atoms with Crippen molar-refractivity contribution in [3.63, 3.8) is 0 Å². The van der Waals surface area contributed by atoms with Crippen molar-refractivity contribution in [2.24, 2.45) is 0 Å². The number of aromatic hydroxyl groups is 1. The first-order valence-electron chi connectivity index (χ1n) is 7.64. The highest BCUT2D eigenvalue weighted by Gasteiger charge is 2.10. The van der Waals surface area contributed by atoms with Gasteiger partial charge in [0.05, 0.1) is 11.9 Å². The molecule has 1 aromatic carbocycles. The Morgan fingerprint density at radius 3 is 2.76 bits per heavy atom. The van der Waals surface area contributed by atoms with Gasteiger partial charge in [-0.1, -0.05) is 12.1 Å². The lowest BCUT2D eigenvalue weighted by Crippen LogP contribution is -2.12. The molecule has 0 bridgehead atoms. The Balaban J connectivity index is 1.59. The van der Waals surface area contributed by atoms with E-state index in [1.807, 2.05) is 6.92 Å². The number of aryl methyl sites for hydroxylation is 1. The molecule has 0 unspecified atom stereocenters. The summed E-state index contributed by atoms with van der Waals surface area (Å²) in [6.45, 7) is 2.10. The minimum atomic E-state index is -0.348. The molecule has 8 heteroatoms. The summed E-state index contributed by atoms with van der Waals surface area (Å²) in [7, 11) is 0. The summed E-state index contributed by atoms with van der Waals surface area (Å²) in [5.41, 5.74) is 0.723. The fraction of sp³-hybridized carbons (Fsp3) is 0.176. The molecule has 3 aromatic rings. The van der Waals surface area contributed by atoms with E-state index in [0.717, 1.165) is 0 Å². The first-order chi connectivity index (χ1) is 12.2. The number of hydrogen-bond acceptors (Lipinski definition) is 7. The van der Waals surface area contributed by atoms with Crippen molar-refractivity contribution in [1.29, 1.82) is 0 Å². The summed E-state index contributed by atoms with van der Waals surface area (Å²) < 4.78 is 10.6. The SMILES string of the molecule is CCc1nc(COc2ccc(C(=O)Nc3ccncc3O)cc2)no1. The van der Waals surface area contributed by atoms with E-state index >= 15 is 0 Å². The van der Waals surface area contributed by atoms with Gasteiger partial charge < -0.3 is 19.7 Å². The fourth-order valence-corrected chi connectivity index (χ4v) is 2.03. The number of benzene rings is 1. The third-order valence-corrected chi connectivity index (χ3v) is 3.35. The summed E-state index contributed by atoms with van der Waals surface area (Å²) in [5.74, 6) is 1.16. The summed E-state index contributed by atoms with van der Waals surface area (Å²) in [4.78, 5) is 20.1. The number of pyridine rings is 1. The van der Waals surface area contributed by atoms with Crippen molar-refractivity contribution in [1.82, 2.24) is 15.1 Å². The third-order valence-electron chi connectivity index (χ3n) is 3.35. The van der Waals surface area contributed by atoms with E-state index in [1.54, 1.807) is 24.3 Å². The molecule has 0 saturated carbocycles. The molecule has 2 N–H and O–H groups in total. The van der Waals surface area contributed by atoms with Crippen molar-refractivity contribution in [2.75, 3.05) is 5.32 Å². The molecule has 0 saturated heterocycles. The third kappa shape index (κ3) is 4.11. The average Bonchev–Trinajstić information content (AvgIpc) is 3.10. The van der Waals surface area contributed by atoms with Crippen LogP contribution in [0.3, 0.4) is 0 Å². The number of amides is 1. The van der Waals surface area contributed by atoms with Gasteiger partial charge in [-0.05, 0) is 30.3 Å². The van der Waals surface area contributed by atoms with Gasteiger partial charge in [0, 0.05) is 18.2 Å². The highest BCUT2D eigenvalue weighted by molar-refractivity contribution is 6.04. The molecule has 0 radical (unpaired) electrons. The summed E-state index contributed by atoms with van der Waals surface area (Å²) in [5, 5.41) is 16.0. The van der Waals surface area contributed by atoms with Crippen LogP contribution in [0.5, 0.6) is 11.5 Å². The molecular weight excluding hydrogens is 324 g/mol. The van der Waals surface area contributed by atoms with Gasteiger partial charge in [0.2, 0.25) is 11.7 Å². The van der Waals surface area contributed by atoms with Crippen LogP contribution in [0, 0.1) is 0 Å². The normalized spacial score (nSPS) is 10.4. The molecule has 2 aromatic heterocycles. The van der Waals surface area contributed by atoms with Gasteiger partial charge in [0.1, 0.15) is 5.75 Å². The molecule has 25 heavy (non-hydrogen) atoms. The molecule has 0 aliphatic carbocycles. The molecule has 0 spiro atoms. The number of aromatic nitrogens is 3. The maximum absolute atomic E-state index is 12.2. The van der Waals surface area contributed by atoms with Crippen LogP contribution < -0.4 is 10.1 Å². The molecule has 0 atom stereocenters. The average molecular weight is 340 g/mol. The number of ether oxygens (including phenoxy) is 1. The predicted octanol–water partition coefficient (Wildman–Crippen LogP) is 2.56. The number of carbonyl (C=O) groups is 1. The smallest absolute Gasteiger partial charge is 0.255 e. The molecule has 2 heterocycles. The van der Waals surface area contributed by atoms with Crippen molar-refractivity contribution in [2.45, 2.75) is 20.0 Å². The molecule has 0 aliphatic rings. The number of carbonyl (C=O) groups excluding carboxylic acids is 1. The molecular formula is C17H16N4O4. The van der Waals surface area contributed by atoms with E-state index in [4.69, 9.17) is 9.26 Å². The Bertz CT molecular complexity index is 861. The zero-order chi connectivity index (χ0) is 17.6. The lowest BCUT2D eigenvalue weighted by molar-refractivity contribution is 0.102. The number of nitrogens with zero attached hydrogens (tertiary/aromatic N) is 3. The second kappa shape index (κ2) is 7.43. The lowest BCUT2D eigenvalue weighted by atomic mass is 10.2. The quantitative estimate of drug-likeness (QED) is 0.709. The molecule has 8 nitrogen and oxygen atoms in total. The summed E-state index contributed by atoms with van der Waals surface area (Å²) in [6, 6.07) is 8.09. The predicted molar refractivity (Wildman–Crippen MR) is 88.3 cm³/mol. The second-order valence-electron chi connectivity index (χ2n) is 5.12. The summed E-state index contributed by atoms with van der Waals surface area (Å²) >= 11 is 0. The van der Waals surface area contributed by atoms with Crippen molar-refractivity contribution in [3.8, 4) is 11.5 Å². The lowest BCUT2D eigenvalue weighted by Gasteiger charge is -2.08. The Morgan fingerprint density at radius 2 is 2.08 bits per heavy atom. The summed E-state index contributed by atoms with van der Waals surface area (Å²) in [6.07, 6.45) is 3.41. The van der Waals surface area contributed by atoms with E-state index in [1.165, 1.54) is 18.5 Å². The van der Waals surface area contributed by atoms with Crippen LogP contribution in [0.25, 0.3) is 0 Å². The first kappa shape index (κ1) is 16.4. The van der Waals surface area contributed by atoms with Crippen molar-refractivity contribution >= 4 is 11.6 Å². The molecule has 0 fully saturated rings. The van der Waals surface area contributed by atoms with E-state index in [0.29, 0.717) is 35.1 Å². The van der Waals surface area contributed by atoms with Gasteiger partial charge in [0.25, 0.3) is 5.91 Å². The zero-order valence-corrected chi connectivity index (χ0v) is 13.5. The van der Waals surface area contributed by atoms with E-state index in [-0.39, 0.29) is 18.3 Å². The first-order valence-corrected chi connectivity index (χ1v) is 7.64. The van der Waals surface area contributed by atoms with E-state index in [2.05, 4.69) is 20.4 Å². The van der Waals surface area contributed by atoms with Crippen LogP contribution in [-0.4, -0.2) is 26.1 Å². The number of rotatable bonds is 6. The van der Waals surface area contributed by atoms with Gasteiger partial charge in [0.15, 0.2) is 12.4 Å². The van der Waals surface area contributed by atoms with Gasteiger partial charge in [-0.25, -0.2) is 0 Å². The maximum Gasteiger partial charge on any atom is 0.255 e. The highest BCUT2D eigenvalue weighted by Crippen LogP contribution is 2.21. The Hall–Kier alpha value is -3.42. The topological polar surface area (TPSA) is 110 Å². The van der Waals surface area contributed by atoms with Crippen LogP contribution in [0.15, 0.2) is 47.2 Å². The largest absolute Gasteiger partial charge is 0.504 e. The standard InChI is InChI=1S/C17H16N4O4/c1-2-16-20-15(21-25-16)10-24-12-5-3-11(4-6-12)17(23)19-13-7-8-18-9-14(13)22/h3-9,22H,2,10H2,1H3,(H,18,19,23). The Kier molecular flexibility index (Phi) is 4.89. The number of nitrogens with one attached hydrogen (secondary N) is 1. The Labute approximate surface area is 143 Å². The Morgan fingerprint density at radius 1 is 1.28 bits per heavy atom. The van der Waals surface area contributed by atoms with Crippen LogP contribution in [0.2, 0.25) is 0 Å². The minimum absolute atomic E-state index is 0.0950.